The molecule has 0 rings (SSSR count). The summed E-state index contributed by atoms with van der Waals surface area (Å²) in [4.78, 5) is 23.0. The molecule has 0 aromatic heterocycles. The van der Waals surface area contributed by atoms with Gasteiger partial charge < -0.3 is 10.6 Å². The van der Waals surface area contributed by atoms with Crippen molar-refractivity contribution in [3.63, 3.8) is 0 Å². The number of hydrogen-bond donors (Lipinski definition) is 2. The van der Waals surface area contributed by atoms with Crippen LogP contribution in [0.2, 0.25) is 0 Å². The zero-order chi connectivity index (χ0) is 15.1. The molecule has 0 atom stereocenters. The number of carbonyl (C=O) groups is 2. The first-order valence-corrected chi connectivity index (χ1v) is 8.24. The maximum absolute atomic E-state index is 11.5. The fourth-order valence-corrected chi connectivity index (χ4v) is 1.98. The highest BCUT2D eigenvalue weighted by molar-refractivity contribution is 5.78. The van der Waals surface area contributed by atoms with E-state index in [0.29, 0.717) is 19.4 Å². The molecular weight excluding hydrogens is 252 g/mol. The largest absolute Gasteiger partial charge is 0.356 e. The van der Waals surface area contributed by atoms with Crippen molar-refractivity contribution in [1.29, 1.82) is 0 Å². The Morgan fingerprint density at radius 3 is 1.85 bits per heavy atom. The van der Waals surface area contributed by atoms with E-state index in [1.165, 1.54) is 32.1 Å². The molecule has 0 fully saturated rings. The van der Waals surface area contributed by atoms with Crippen molar-refractivity contribution in [3.05, 3.63) is 0 Å². The van der Waals surface area contributed by atoms with Crippen molar-refractivity contribution in [2.24, 2.45) is 0 Å². The lowest BCUT2D eigenvalue weighted by atomic mass is 10.1. The van der Waals surface area contributed by atoms with Crippen LogP contribution in [0.25, 0.3) is 0 Å². The number of carbonyl (C=O) groups excluding carboxylic acids is 2. The van der Waals surface area contributed by atoms with Crippen molar-refractivity contribution < 1.29 is 9.59 Å². The maximum Gasteiger partial charge on any atom is 0.221 e. The standard InChI is InChI=1S/C16H32N2O2/c1-3-5-7-9-11-15(19)18-14-12-16(20)17-13-10-8-6-4-2/h3-14H2,1-2H3,(H,17,20)(H,18,19). The van der Waals surface area contributed by atoms with Crippen molar-refractivity contribution in [1.82, 2.24) is 10.6 Å². The van der Waals surface area contributed by atoms with Gasteiger partial charge in [0.2, 0.25) is 11.8 Å². The van der Waals surface area contributed by atoms with Crippen LogP contribution in [0.1, 0.15) is 78.1 Å². The molecule has 118 valence electrons. The van der Waals surface area contributed by atoms with Crippen molar-refractivity contribution in [2.45, 2.75) is 78.1 Å². The van der Waals surface area contributed by atoms with Crippen LogP contribution < -0.4 is 10.6 Å². The zero-order valence-corrected chi connectivity index (χ0v) is 13.3. The van der Waals surface area contributed by atoms with E-state index in [1.54, 1.807) is 0 Å². The van der Waals surface area contributed by atoms with E-state index in [4.69, 9.17) is 0 Å². The quantitative estimate of drug-likeness (QED) is 0.510. The number of nitrogens with one attached hydrogen (secondary N) is 2. The number of rotatable bonds is 13. The molecule has 0 radical (unpaired) electrons. The van der Waals surface area contributed by atoms with Crippen LogP contribution in [0.5, 0.6) is 0 Å². The topological polar surface area (TPSA) is 58.2 Å². The van der Waals surface area contributed by atoms with Gasteiger partial charge >= 0.3 is 0 Å². The predicted molar refractivity (Wildman–Crippen MR) is 83.5 cm³/mol. The third kappa shape index (κ3) is 13.4. The van der Waals surface area contributed by atoms with Gasteiger partial charge in [-0.05, 0) is 12.8 Å². The third-order valence-electron chi connectivity index (χ3n) is 3.28. The van der Waals surface area contributed by atoms with Gasteiger partial charge in [-0.1, -0.05) is 52.4 Å². The molecule has 0 aromatic rings. The minimum Gasteiger partial charge on any atom is -0.356 e. The van der Waals surface area contributed by atoms with Gasteiger partial charge in [0.1, 0.15) is 0 Å². The second-order valence-electron chi connectivity index (χ2n) is 5.32. The molecular formula is C16H32N2O2. The van der Waals surface area contributed by atoms with Crippen molar-refractivity contribution in [2.75, 3.05) is 13.1 Å². The summed E-state index contributed by atoms with van der Waals surface area (Å²) in [7, 11) is 0. The Labute approximate surface area is 124 Å². The Morgan fingerprint density at radius 2 is 1.20 bits per heavy atom. The fourth-order valence-electron chi connectivity index (χ4n) is 1.98. The Hall–Kier alpha value is -1.06. The summed E-state index contributed by atoms with van der Waals surface area (Å²) < 4.78 is 0. The second-order valence-corrected chi connectivity index (χ2v) is 5.32. The molecule has 0 aliphatic carbocycles. The van der Waals surface area contributed by atoms with Gasteiger partial charge in [0, 0.05) is 25.9 Å². The summed E-state index contributed by atoms with van der Waals surface area (Å²) in [5.74, 6) is 0.102. The van der Waals surface area contributed by atoms with E-state index in [2.05, 4.69) is 24.5 Å². The molecule has 0 aliphatic heterocycles. The summed E-state index contributed by atoms with van der Waals surface area (Å²) >= 11 is 0. The molecule has 0 bridgehead atoms. The zero-order valence-electron chi connectivity index (χ0n) is 13.3. The number of hydrogen-bond acceptors (Lipinski definition) is 2. The van der Waals surface area contributed by atoms with E-state index in [9.17, 15) is 9.59 Å². The first-order chi connectivity index (χ1) is 9.70. The van der Waals surface area contributed by atoms with Crippen LogP contribution in [0.15, 0.2) is 0 Å². The van der Waals surface area contributed by atoms with Crippen molar-refractivity contribution in [3.8, 4) is 0 Å². The SMILES string of the molecule is CCCCCCNC(=O)CCNC(=O)CCCCCC. The van der Waals surface area contributed by atoms with Gasteiger partial charge in [-0.25, -0.2) is 0 Å². The summed E-state index contributed by atoms with van der Waals surface area (Å²) in [6.45, 7) is 5.53. The van der Waals surface area contributed by atoms with E-state index < -0.39 is 0 Å². The maximum atomic E-state index is 11.5. The van der Waals surface area contributed by atoms with Gasteiger partial charge in [-0.2, -0.15) is 0 Å². The lowest BCUT2D eigenvalue weighted by Crippen LogP contribution is -2.31. The smallest absolute Gasteiger partial charge is 0.221 e. The average molecular weight is 284 g/mol. The van der Waals surface area contributed by atoms with Gasteiger partial charge in [0.15, 0.2) is 0 Å². The fraction of sp³-hybridized carbons (Fsp3) is 0.875. The number of unbranched alkanes of at least 4 members (excludes halogenated alkanes) is 6. The predicted octanol–water partition coefficient (Wildman–Crippen LogP) is 3.16. The first kappa shape index (κ1) is 18.9. The highest BCUT2D eigenvalue weighted by atomic mass is 16.2. The molecule has 0 unspecified atom stereocenters. The summed E-state index contributed by atoms with van der Waals surface area (Å²) in [5, 5.41) is 5.69. The van der Waals surface area contributed by atoms with Gasteiger partial charge in [-0.3, -0.25) is 9.59 Å². The van der Waals surface area contributed by atoms with E-state index in [1.807, 2.05) is 0 Å². The molecule has 0 saturated carbocycles. The van der Waals surface area contributed by atoms with Crippen LogP contribution in [0, 0.1) is 0 Å². The van der Waals surface area contributed by atoms with Crippen LogP contribution in [0.3, 0.4) is 0 Å². The molecule has 20 heavy (non-hydrogen) atoms. The highest BCUT2D eigenvalue weighted by Gasteiger charge is 2.03. The van der Waals surface area contributed by atoms with Crippen LogP contribution in [0.4, 0.5) is 0 Å². The minimum absolute atomic E-state index is 0.0350. The Bertz CT molecular complexity index is 255. The van der Waals surface area contributed by atoms with Crippen LogP contribution >= 0.6 is 0 Å². The molecule has 0 heterocycles. The minimum atomic E-state index is 0.0350. The lowest BCUT2D eigenvalue weighted by Gasteiger charge is -2.06. The lowest BCUT2D eigenvalue weighted by molar-refractivity contribution is -0.122. The Balaban J connectivity index is 3.35. The van der Waals surface area contributed by atoms with E-state index in [-0.39, 0.29) is 11.8 Å². The summed E-state index contributed by atoms with van der Waals surface area (Å²) in [6.07, 6.45) is 10.0. The average Bonchev–Trinajstić information content (AvgIpc) is 2.43. The molecule has 2 N–H and O–H groups in total. The molecule has 0 aromatic carbocycles. The van der Waals surface area contributed by atoms with Crippen LogP contribution in [-0.4, -0.2) is 24.9 Å². The normalized spacial score (nSPS) is 10.3. The van der Waals surface area contributed by atoms with Gasteiger partial charge in [0.25, 0.3) is 0 Å². The monoisotopic (exact) mass is 284 g/mol. The van der Waals surface area contributed by atoms with Crippen molar-refractivity contribution >= 4 is 11.8 Å². The summed E-state index contributed by atoms with van der Waals surface area (Å²) in [6, 6.07) is 0. The summed E-state index contributed by atoms with van der Waals surface area (Å²) in [5.41, 5.74) is 0. The van der Waals surface area contributed by atoms with Gasteiger partial charge in [0.05, 0.1) is 0 Å². The van der Waals surface area contributed by atoms with Gasteiger partial charge in [-0.15, -0.1) is 0 Å². The molecule has 4 heteroatoms. The Morgan fingerprint density at radius 1 is 0.650 bits per heavy atom. The Kier molecular flexibility index (Phi) is 13.6. The van der Waals surface area contributed by atoms with E-state index >= 15 is 0 Å². The molecule has 0 saturated heterocycles. The first-order valence-electron chi connectivity index (χ1n) is 8.24. The number of amides is 2. The van der Waals surface area contributed by atoms with E-state index in [0.717, 1.165) is 25.8 Å². The molecule has 0 spiro atoms. The highest BCUT2D eigenvalue weighted by Crippen LogP contribution is 2.01. The molecule has 2 amide bonds. The van der Waals surface area contributed by atoms with Crippen LogP contribution in [-0.2, 0) is 9.59 Å². The molecule has 0 aliphatic rings. The molecule has 4 nitrogen and oxygen atoms in total. The second kappa shape index (κ2) is 14.4. The third-order valence-corrected chi connectivity index (χ3v) is 3.28.